The van der Waals surface area contributed by atoms with E-state index < -0.39 is 0 Å². The highest BCUT2D eigenvalue weighted by atomic mass is 127. The van der Waals surface area contributed by atoms with E-state index in [0.717, 1.165) is 0 Å². The third-order valence-corrected chi connectivity index (χ3v) is 24.9. The summed E-state index contributed by atoms with van der Waals surface area (Å²) in [4.78, 5) is 0. The van der Waals surface area contributed by atoms with Gasteiger partial charge in [0.15, 0.2) is 0 Å². The van der Waals surface area contributed by atoms with Crippen molar-refractivity contribution in [2.45, 2.75) is 6.22 Å². The highest BCUT2D eigenvalue weighted by Crippen LogP contribution is 2.64. The predicted molar refractivity (Wildman–Crippen MR) is 131 cm³/mol. The highest BCUT2D eigenvalue weighted by Gasteiger charge is 2.59. The minimum absolute atomic E-state index is 0.0143. The lowest BCUT2D eigenvalue weighted by atomic mass is 10.2. The lowest BCUT2D eigenvalue weighted by Gasteiger charge is -2.43. The van der Waals surface area contributed by atoms with Crippen molar-refractivity contribution in [3.05, 3.63) is 0 Å². The molecule has 0 aliphatic rings. The summed E-state index contributed by atoms with van der Waals surface area (Å²) in [6.07, 6.45) is 0. The van der Waals surface area contributed by atoms with Gasteiger partial charge in [-0.15, -0.1) is 0 Å². The first kappa shape index (κ1) is 19.8. The van der Waals surface area contributed by atoms with Gasteiger partial charge in [0.2, 0.25) is 0 Å². The molecule has 0 amide bonds. The van der Waals surface area contributed by atoms with Gasteiger partial charge < -0.3 is 5.11 Å². The van der Waals surface area contributed by atoms with Crippen LogP contribution in [-0.4, -0.2) is 17.9 Å². The zero-order valence-corrected chi connectivity index (χ0v) is 23.5. The number of alkyl halides is 8. The van der Waals surface area contributed by atoms with E-state index in [0.29, 0.717) is 1.93 Å². The van der Waals surface area contributed by atoms with Gasteiger partial charge in [0, 0.05) is 0 Å². The van der Waals surface area contributed by atoms with Crippen LogP contribution >= 0.6 is 181 Å². The van der Waals surface area contributed by atoms with Gasteiger partial charge in [0.25, 0.3) is 0 Å². The van der Waals surface area contributed by atoms with Crippen LogP contribution in [0.5, 0.6) is 0 Å². The summed E-state index contributed by atoms with van der Waals surface area (Å²) >= 11 is 19.5. The second kappa shape index (κ2) is 7.71. The summed E-state index contributed by atoms with van der Waals surface area (Å²) < 4.78 is 0.430. The number of rotatable bonds is 4. The average Bonchev–Trinajstić information content (AvgIpc) is 2.03. The number of halogens is 8. The lowest BCUT2D eigenvalue weighted by Crippen LogP contribution is -2.51. The van der Waals surface area contributed by atoms with E-state index in [1.54, 1.807) is 0 Å². The van der Waals surface area contributed by atoms with Crippen molar-refractivity contribution in [3.8, 4) is 0 Å². The molecule has 0 unspecified atom stereocenters. The fraction of sp³-hybridized carbons (Fsp3) is 1.00. The Morgan fingerprint density at radius 2 is 1.29 bits per heavy atom. The summed E-state index contributed by atoms with van der Waals surface area (Å²) in [5.41, 5.74) is 0. The second-order valence-electron chi connectivity index (χ2n) is 2.36. The number of aliphatic hydroxyl groups is 1. The Hall–Kier alpha value is 5.80. The van der Waals surface area contributed by atoms with Crippen molar-refractivity contribution >= 4 is 181 Å². The van der Waals surface area contributed by atoms with E-state index in [-0.39, 0.29) is 10.9 Å². The highest BCUT2D eigenvalue weighted by molar-refractivity contribution is 14.2. The van der Waals surface area contributed by atoms with Crippen LogP contribution in [0.4, 0.5) is 0 Å². The normalized spacial score (nSPS) is 15.0. The van der Waals surface area contributed by atoms with Crippen LogP contribution in [0.3, 0.4) is 0 Å². The second-order valence-corrected chi connectivity index (χ2v) is 23.8. The summed E-state index contributed by atoms with van der Waals surface area (Å²) in [7, 11) is 0. The predicted octanol–water partition coefficient (Wildman–Crippen LogP) is 5.87. The molecule has 0 saturated heterocycles. The molecule has 0 rings (SSSR count). The van der Waals surface area contributed by atoms with Gasteiger partial charge in [-0.3, -0.25) is 0 Å². The molecule has 9 heteroatoms. The van der Waals surface area contributed by atoms with Crippen molar-refractivity contribution in [1.29, 1.82) is 0 Å². The minimum Gasteiger partial charge on any atom is -0.394 e. The topological polar surface area (TPSA) is 20.2 Å². The van der Waals surface area contributed by atoms with Gasteiger partial charge >= 0.3 is 0 Å². The number of hydrogen-bond acceptors (Lipinski definition) is 1. The fourth-order valence-electron chi connectivity index (χ4n) is 0.480. The molecule has 0 aliphatic carbocycles. The molecule has 14 heavy (non-hydrogen) atoms. The standard InChI is InChI=1S/C5H4I8O/c6-2(7)4(10,11)5(12,13)3(8,9)1-14/h2,14H,1H2. The quantitative estimate of drug-likeness (QED) is 0.276. The van der Waals surface area contributed by atoms with Crippen LogP contribution in [0.1, 0.15) is 0 Å². The van der Waals surface area contributed by atoms with Gasteiger partial charge in [-0.2, -0.15) is 0 Å². The number of aliphatic hydroxyl groups excluding tert-OH is 1. The third kappa shape index (κ3) is 4.67. The molecule has 0 atom stereocenters. The van der Waals surface area contributed by atoms with E-state index in [1.807, 2.05) is 0 Å². The summed E-state index contributed by atoms with van der Waals surface area (Å²) in [5, 5.41) is 9.44. The van der Waals surface area contributed by atoms with E-state index in [9.17, 15) is 5.11 Å². The van der Waals surface area contributed by atoms with E-state index in [1.165, 1.54) is 0 Å². The van der Waals surface area contributed by atoms with Gasteiger partial charge in [-0.05, 0) is 0 Å². The molecule has 0 radical (unpaired) electrons. The summed E-state index contributed by atoms with van der Waals surface area (Å²) in [6, 6.07) is 0. The van der Waals surface area contributed by atoms with Gasteiger partial charge in [-0.25, -0.2) is 0 Å². The maximum absolute atomic E-state index is 9.44. The summed E-state index contributed by atoms with van der Waals surface area (Å²) in [5.74, 6) is 0. The average molecular weight is 1100 g/mol. The zero-order valence-electron chi connectivity index (χ0n) is 6.26. The molecule has 0 heterocycles. The van der Waals surface area contributed by atoms with Crippen LogP contribution in [0.15, 0.2) is 0 Å². The Morgan fingerprint density at radius 3 is 1.50 bits per heavy atom. The lowest BCUT2D eigenvalue weighted by molar-refractivity contribution is 0.292. The smallest absolute Gasteiger partial charge is 0.124 e. The van der Waals surface area contributed by atoms with Crippen molar-refractivity contribution in [3.63, 3.8) is 0 Å². The first-order valence-corrected chi connectivity index (χ1v) is 12.0. The molecule has 0 fully saturated rings. The Balaban J connectivity index is 5.14. The van der Waals surface area contributed by atoms with Crippen molar-refractivity contribution < 1.29 is 5.11 Å². The van der Waals surface area contributed by atoms with Crippen LogP contribution in [0, 0.1) is 0 Å². The minimum atomic E-state index is -0.152. The Bertz CT molecular complexity index is 200. The Morgan fingerprint density at radius 1 is 0.929 bits per heavy atom. The molecular weight excluding hydrogens is 1090 g/mol. The molecule has 0 aliphatic heterocycles. The molecule has 1 N–H and O–H groups in total. The Labute approximate surface area is 193 Å². The summed E-state index contributed by atoms with van der Waals surface area (Å²) in [6.45, 7) is 0.188. The maximum Gasteiger partial charge on any atom is 0.124 e. The number of hydrogen-bond donors (Lipinski definition) is 1. The van der Waals surface area contributed by atoms with Crippen molar-refractivity contribution in [2.75, 3.05) is 6.61 Å². The van der Waals surface area contributed by atoms with Crippen molar-refractivity contribution in [2.24, 2.45) is 0 Å². The molecule has 0 aromatic carbocycles. The molecule has 0 aromatic rings. The van der Waals surface area contributed by atoms with Crippen LogP contribution in [0.25, 0.3) is 0 Å². The first-order valence-electron chi connectivity index (χ1n) is 3.03. The first-order chi connectivity index (χ1) is 6.00. The molecular formula is C5H4I8O. The van der Waals surface area contributed by atoms with Gasteiger partial charge in [0.05, 0.1) is 8.54 Å². The molecule has 0 aromatic heterocycles. The van der Waals surface area contributed by atoms with Gasteiger partial charge in [0.1, 0.15) is 4.29 Å². The molecule has 0 spiro atoms. The molecule has 0 bridgehead atoms. The fourth-order valence-corrected chi connectivity index (χ4v) is 8.60. The maximum atomic E-state index is 9.44. The SMILES string of the molecule is OCC(I)(I)C(I)(I)C(I)(I)C(I)I. The molecule has 86 valence electrons. The van der Waals surface area contributed by atoms with Crippen molar-refractivity contribution in [1.82, 2.24) is 0 Å². The van der Waals surface area contributed by atoms with Crippen LogP contribution < -0.4 is 0 Å². The van der Waals surface area contributed by atoms with Crippen LogP contribution in [-0.2, 0) is 0 Å². The zero-order chi connectivity index (χ0) is 11.8. The Kier molecular flexibility index (Phi) is 10.9. The van der Waals surface area contributed by atoms with E-state index in [2.05, 4.69) is 181 Å². The molecule has 1 nitrogen and oxygen atoms in total. The van der Waals surface area contributed by atoms with Gasteiger partial charge in [-0.1, -0.05) is 181 Å². The monoisotopic (exact) mass is 1100 g/mol. The molecule has 0 saturated carbocycles. The van der Waals surface area contributed by atoms with E-state index >= 15 is 0 Å². The van der Waals surface area contributed by atoms with E-state index in [4.69, 9.17) is 0 Å². The van der Waals surface area contributed by atoms with Crippen LogP contribution in [0.2, 0.25) is 0 Å². The third-order valence-electron chi connectivity index (χ3n) is 1.35. The largest absolute Gasteiger partial charge is 0.394 e.